The summed E-state index contributed by atoms with van der Waals surface area (Å²) in [5.41, 5.74) is 6.23. The number of nitrogens with zero attached hydrogens (tertiary/aromatic N) is 1. The second-order valence-electron chi connectivity index (χ2n) is 5.95. The van der Waals surface area contributed by atoms with Crippen LogP contribution in [0.5, 0.6) is 0 Å². The molecule has 0 unspecified atom stereocenters. The van der Waals surface area contributed by atoms with Crippen LogP contribution >= 0.6 is 0 Å². The maximum absolute atomic E-state index is 4.84. The smallest absolute Gasteiger partial charge is 0.0872 e. The van der Waals surface area contributed by atoms with Crippen molar-refractivity contribution in [3.8, 4) is 22.8 Å². The monoisotopic (exact) mass is 309 g/mol. The quantitative estimate of drug-likeness (QED) is 0.452. The standard InChI is InChI=1S/C21H15N3/c1-3-8-16-14(6-1)12-20(22-16)18-10-5-11-19(24-18)21-13-15-7-2-4-9-17(15)23-21/h1-13,22-23H. The van der Waals surface area contributed by atoms with Gasteiger partial charge in [-0.05, 0) is 36.4 Å². The normalized spacial score (nSPS) is 11.3. The van der Waals surface area contributed by atoms with Crippen LogP contribution in [-0.2, 0) is 0 Å². The van der Waals surface area contributed by atoms with E-state index in [1.54, 1.807) is 0 Å². The van der Waals surface area contributed by atoms with E-state index in [1.807, 2.05) is 36.4 Å². The number of aromatic amines is 2. The van der Waals surface area contributed by atoms with E-state index in [9.17, 15) is 0 Å². The highest BCUT2D eigenvalue weighted by molar-refractivity contribution is 5.87. The molecule has 2 N–H and O–H groups in total. The van der Waals surface area contributed by atoms with Gasteiger partial charge in [-0.3, -0.25) is 0 Å². The number of para-hydroxylation sites is 2. The number of pyridine rings is 1. The molecule has 0 amide bonds. The van der Waals surface area contributed by atoms with Crippen molar-refractivity contribution in [2.24, 2.45) is 0 Å². The van der Waals surface area contributed by atoms with E-state index >= 15 is 0 Å². The predicted molar refractivity (Wildman–Crippen MR) is 98.8 cm³/mol. The zero-order valence-electron chi connectivity index (χ0n) is 13.0. The number of H-pyrrole nitrogens is 2. The molecular weight excluding hydrogens is 294 g/mol. The molecule has 3 heteroatoms. The Labute approximate surface area is 139 Å². The van der Waals surface area contributed by atoms with E-state index in [2.05, 4.69) is 52.4 Å². The fraction of sp³-hybridized carbons (Fsp3) is 0. The van der Waals surface area contributed by atoms with Crippen LogP contribution < -0.4 is 0 Å². The minimum absolute atomic E-state index is 0.947. The summed E-state index contributed by atoms with van der Waals surface area (Å²) in [4.78, 5) is 11.7. The summed E-state index contributed by atoms with van der Waals surface area (Å²) in [6.45, 7) is 0. The Bertz CT molecular complexity index is 1010. The molecule has 114 valence electrons. The highest BCUT2D eigenvalue weighted by atomic mass is 14.8. The van der Waals surface area contributed by atoms with Gasteiger partial charge in [-0.25, -0.2) is 4.98 Å². The summed E-state index contributed by atoms with van der Waals surface area (Å²) < 4.78 is 0. The topological polar surface area (TPSA) is 44.5 Å². The maximum Gasteiger partial charge on any atom is 0.0872 e. The molecule has 0 saturated heterocycles. The molecule has 2 aromatic carbocycles. The summed E-state index contributed by atoms with van der Waals surface area (Å²) in [5, 5.41) is 2.40. The van der Waals surface area contributed by atoms with Crippen molar-refractivity contribution in [2.45, 2.75) is 0 Å². The van der Waals surface area contributed by atoms with E-state index < -0.39 is 0 Å². The van der Waals surface area contributed by atoms with Crippen molar-refractivity contribution >= 4 is 21.8 Å². The van der Waals surface area contributed by atoms with Crippen LogP contribution in [0.1, 0.15) is 0 Å². The number of benzene rings is 2. The lowest BCUT2D eigenvalue weighted by Gasteiger charge is -2.01. The van der Waals surface area contributed by atoms with Gasteiger partial charge >= 0.3 is 0 Å². The number of hydrogen-bond acceptors (Lipinski definition) is 1. The van der Waals surface area contributed by atoms with E-state index in [0.29, 0.717) is 0 Å². The Kier molecular flexibility index (Phi) is 2.79. The fourth-order valence-corrected chi connectivity index (χ4v) is 3.16. The highest BCUT2D eigenvalue weighted by Gasteiger charge is 2.08. The zero-order chi connectivity index (χ0) is 15.9. The lowest BCUT2D eigenvalue weighted by atomic mass is 10.2. The molecule has 0 spiro atoms. The van der Waals surface area contributed by atoms with E-state index in [1.165, 1.54) is 10.8 Å². The van der Waals surface area contributed by atoms with Gasteiger partial charge in [0.05, 0.1) is 22.8 Å². The van der Waals surface area contributed by atoms with Gasteiger partial charge in [-0.2, -0.15) is 0 Å². The molecule has 0 aliphatic heterocycles. The first kappa shape index (κ1) is 13.1. The average molecular weight is 309 g/mol. The maximum atomic E-state index is 4.84. The minimum Gasteiger partial charge on any atom is -0.353 e. The van der Waals surface area contributed by atoms with E-state index in [0.717, 1.165) is 33.8 Å². The molecule has 0 atom stereocenters. The van der Waals surface area contributed by atoms with Gasteiger partial charge in [0.2, 0.25) is 0 Å². The minimum atomic E-state index is 0.947. The van der Waals surface area contributed by atoms with Crippen LogP contribution in [0, 0.1) is 0 Å². The lowest BCUT2D eigenvalue weighted by Crippen LogP contribution is -1.87. The number of fused-ring (bicyclic) bond motifs is 2. The molecular formula is C21H15N3. The van der Waals surface area contributed by atoms with Crippen molar-refractivity contribution in [3.63, 3.8) is 0 Å². The van der Waals surface area contributed by atoms with E-state index in [4.69, 9.17) is 4.98 Å². The second kappa shape index (κ2) is 5.10. The Morgan fingerprint density at radius 3 is 1.54 bits per heavy atom. The third-order valence-electron chi connectivity index (χ3n) is 4.36. The van der Waals surface area contributed by atoms with Gasteiger partial charge in [-0.1, -0.05) is 42.5 Å². The predicted octanol–water partition coefficient (Wildman–Crippen LogP) is 5.38. The van der Waals surface area contributed by atoms with Gasteiger partial charge in [0.1, 0.15) is 0 Å². The molecule has 3 nitrogen and oxygen atoms in total. The highest BCUT2D eigenvalue weighted by Crippen LogP contribution is 2.27. The zero-order valence-corrected chi connectivity index (χ0v) is 13.0. The van der Waals surface area contributed by atoms with Crippen molar-refractivity contribution in [1.82, 2.24) is 15.0 Å². The Hall–Kier alpha value is -3.33. The van der Waals surface area contributed by atoms with Crippen LogP contribution in [0.2, 0.25) is 0 Å². The summed E-state index contributed by atoms with van der Waals surface area (Å²) in [6.07, 6.45) is 0. The molecule has 5 rings (SSSR count). The molecule has 24 heavy (non-hydrogen) atoms. The first-order valence-corrected chi connectivity index (χ1v) is 8.00. The number of aromatic nitrogens is 3. The fourth-order valence-electron chi connectivity index (χ4n) is 3.16. The number of rotatable bonds is 2. The molecule has 0 radical (unpaired) electrons. The average Bonchev–Trinajstić information content (AvgIpc) is 3.26. The molecule has 0 bridgehead atoms. The van der Waals surface area contributed by atoms with Crippen LogP contribution in [0.15, 0.2) is 78.9 Å². The van der Waals surface area contributed by atoms with Crippen molar-refractivity contribution in [3.05, 3.63) is 78.9 Å². The Morgan fingerprint density at radius 1 is 0.542 bits per heavy atom. The van der Waals surface area contributed by atoms with Crippen LogP contribution in [-0.4, -0.2) is 15.0 Å². The third-order valence-corrected chi connectivity index (χ3v) is 4.36. The van der Waals surface area contributed by atoms with Crippen LogP contribution in [0.3, 0.4) is 0 Å². The number of nitrogens with one attached hydrogen (secondary N) is 2. The third kappa shape index (κ3) is 2.10. The van der Waals surface area contributed by atoms with Gasteiger partial charge < -0.3 is 9.97 Å². The molecule has 0 aliphatic rings. The van der Waals surface area contributed by atoms with Gasteiger partial charge in [0, 0.05) is 21.8 Å². The molecule has 3 aromatic heterocycles. The molecule has 0 aliphatic carbocycles. The van der Waals surface area contributed by atoms with Gasteiger partial charge in [0.25, 0.3) is 0 Å². The van der Waals surface area contributed by atoms with Crippen molar-refractivity contribution in [2.75, 3.05) is 0 Å². The first-order valence-electron chi connectivity index (χ1n) is 8.00. The Morgan fingerprint density at radius 2 is 1.04 bits per heavy atom. The second-order valence-corrected chi connectivity index (χ2v) is 5.95. The van der Waals surface area contributed by atoms with Crippen LogP contribution in [0.25, 0.3) is 44.6 Å². The largest absolute Gasteiger partial charge is 0.353 e. The summed E-state index contributed by atoms with van der Waals surface area (Å²) >= 11 is 0. The molecule has 0 fully saturated rings. The van der Waals surface area contributed by atoms with Crippen molar-refractivity contribution in [1.29, 1.82) is 0 Å². The summed E-state index contributed by atoms with van der Waals surface area (Å²) in [6, 6.07) is 27.0. The van der Waals surface area contributed by atoms with E-state index in [-0.39, 0.29) is 0 Å². The number of hydrogen-bond donors (Lipinski definition) is 2. The van der Waals surface area contributed by atoms with Gasteiger partial charge in [0.15, 0.2) is 0 Å². The molecule has 5 aromatic rings. The SMILES string of the molecule is c1cc(-c2cc3ccccc3[nH]2)nc(-c2cc3ccccc3[nH]2)c1. The molecule has 0 saturated carbocycles. The van der Waals surface area contributed by atoms with Crippen molar-refractivity contribution < 1.29 is 0 Å². The summed E-state index contributed by atoms with van der Waals surface area (Å²) in [7, 11) is 0. The van der Waals surface area contributed by atoms with Gasteiger partial charge in [-0.15, -0.1) is 0 Å². The summed E-state index contributed by atoms with van der Waals surface area (Å²) in [5.74, 6) is 0. The molecule has 3 heterocycles. The Balaban J connectivity index is 1.62. The van der Waals surface area contributed by atoms with Crippen LogP contribution in [0.4, 0.5) is 0 Å². The lowest BCUT2D eigenvalue weighted by molar-refractivity contribution is 1.27. The first-order chi connectivity index (χ1) is 11.9.